The van der Waals surface area contributed by atoms with Crippen LogP contribution in [0.15, 0.2) is 30.5 Å². The van der Waals surface area contributed by atoms with Crippen LogP contribution in [0.25, 0.3) is 0 Å². The van der Waals surface area contributed by atoms with Gasteiger partial charge in [0.1, 0.15) is 28.8 Å². The Kier molecular flexibility index (Phi) is 8.03. The minimum atomic E-state index is -3.74. The van der Waals surface area contributed by atoms with Crippen molar-refractivity contribution in [1.82, 2.24) is 20.4 Å². The second-order valence-electron chi connectivity index (χ2n) is 7.53. The Hall–Kier alpha value is -4.28. The molecule has 0 bridgehead atoms. The Bertz CT molecular complexity index is 1440. The standard InChI is InChI=1S/C23H24FN7O4S/c1-6-15-11-19(31-36(5,33)34)18(12-16(15)24)28-17-8-9-25-22(21(17)23(32)30-35-7-2)29-20-10-13(3)26-14(4)27-20/h1,8-12,31H,7H2,2-5H3,(H,30,32)(H2,25,26,27,28,29). The van der Waals surface area contributed by atoms with Crippen molar-refractivity contribution < 1.29 is 22.4 Å². The van der Waals surface area contributed by atoms with Crippen LogP contribution in [0.1, 0.15) is 34.4 Å². The summed E-state index contributed by atoms with van der Waals surface area (Å²) in [6.45, 7) is 5.39. The van der Waals surface area contributed by atoms with Crippen molar-refractivity contribution in [2.24, 2.45) is 0 Å². The number of anilines is 5. The fourth-order valence-electron chi connectivity index (χ4n) is 3.20. The molecule has 3 aromatic rings. The molecule has 3 rings (SSSR count). The number of nitrogens with zero attached hydrogens (tertiary/aromatic N) is 3. The third-order valence-corrected chi connectivity index (χ3v) is 5.12. The molecule has 36 heavy (non-hydrogen) atoms. The molecule has 1 amide bonds. The number of terminal acetylenes is 1. The van der Waals surface area contributed by atoms with Gasteiger partial charge in [-0.2, -0.15) is 0 Å². The summed E-state index contributed by atoms with van der Waals surface area (Å²) in [5.41, 5.74) is 3.00. The van der Waals surface area contributed by atoms with Gasteiger partial charge in [-0.3, -0.25) is 14.4 Å². The zero-order chi connectivity index (χ0) is 26.5. The van der Waals surface area contributed by atoms with E-state index in [0.29, 0.717) is 17.3 Å². The molecule has 188 valence electrons. The van der Waals surface area contributed by atoms with Crippen LogP contribution in [0.5, 0.6) is 0 Å². The zero-order valence-corrected chi connectivity index (χ0v) is 20.7. The van der Waals surface area contributed by atoms with E-state index in [0.717, 1.165) is 12.3 Å². The van der Waals surface area contributed by atoms with E-state index in [2.05, 4.69) is 41.7 Å². The molecule has 11 nitrogen and oxygen atoms in total. The lowest BCUT2D eigenvalue weighted by molar-refractivity contribution is 0.0366. The van der Waals surface area contributed by atoms with Gasteiger partial charge in [0.2, 0.25) is 10.0 Å². The van der Waals surface area contributed by atoms with Crippen LogP contribution in [-0.4, -0.2) is 42.1 Å². The van der Waals surface area contributed by atoms with Gasteiger partial charge in [0.15, 0.2) is 0 Å². The Balaban J connectivity index is 2.13. The Labute approximate surface area is 207 Å². The zero-order valence-electron chi connectivity index (χ0n) is 19.9. The molecule has 4 N–H and O–H groups in total. The molecule has 0 unspecified atom stereocenters. The minimum absolute atomic E-state index is 0.00765. The van der Waals surface area contributed by atoms with Crippen LogP contribution in [-0.2, 0) is 14.9 Å². The maximum Gasteiger partial charge on any atom is 0.280 e. The third-order valence-electron chi connectivity index (χ3n) is 4.53. The number of amides is 1. The number of hydroxylamine groups is 1. The number of aromatic nitrogens is 3. The normalized spacial score (nSPS) is 10.9. The first-order chi connectivity index (χ1) is 17.0. The molecule has 2 aromatic heterocycles. The fourth-order valence-corrected chi connectivity index (χ4v) is 3.77. The summed E-state index contributed by atoms with van der Waals surface area (Å²) in [5.74, 6) is 1.72. The summed E-state index contributed by atoms with van der Waals surface area (Å²) < 4.78 is 40.6. The highest BCUT2D eigenvalue weighted by molar-refractivity contribution is 7.92. The summed E-state index contributed by atoms with van der Waals surface area (Å²) in [4.78, 5) is 30.9. The number of pyridine rings is 1. The smallest absolute Gasteiger partial charge is 0.280 e. The average molecular weight is 514 g/mol. The molecular formula is C23H24FN7O4S. The topological polar surface area (TPSA) is 147 Å². The van der Waals surface area contributed by atoms with E-state index >= 15 is 0 Å². The second kappa shape index (κ2) is 11.0. The number of halogens is 1. The lowest BCUT2D eigenvalue weighted by Crippen LogP contribution is -2.26. The number of aryl methyl sites for hydroxylation is 2. The predicted octanol–water partition coefficient (Wildman–Crippen LogP) is 3.15. The predicted molar refractivity (Wildman–Crippen MR) is 134 cm³/mol. The molecule has 1 aromatic carbocycles. The van der Waals surface area contributed by atoms with Crippen molar-refractivity contribution in [3.8, 4) is 12.3 Å². The number of benzene rings is 1. The summed E-state index contributed by atoms with van der Waals surface area (Å²) >= 11 is 0. The maximum atomic E-state index is 14.5. The van der Waals surface area contributed by atoms with E-state index in [4.69, 9.17) is 11.3 Å². The average Bonchev–Trinajstić information content (AvgIpc) is 2.77. The molecule has 0 saturated carbocycles. The molecule has 13 heteroatoms. The summed E-state index contributed by atoms with van der Waals surface area (Å²) in [7, 11) is -3.74. The molecular weight excluding hydrogens is 489 g/mol. The number of sulfonamides is 1. The molecule has 0 spiro atoms. The van der Waals surface area contributed by atoms with E-state index in [9.17, 15) is 17.6 Å². The van der Waals surface area contributed by atoms with Crippen molar-refractivity contribution in [3.63, 3.8) is 0 Å². The first kappa shape index (κ1) is 26.3. The minimum Gasteiger partial charge on any atom is -0.353 e. The van der Waals surface area contributed by atoms with E-state index in [1.165, 1.54) is 18.3 Å². The monoisotopic (exact) mass is 513 g/mol. The Morgan fingerprint density at radius 1 is 1.14 bits per heavy atom. The highest BCUT2D eigenvalue weighted by atomic mass is 32.2. The number of carbonyl (C=O) groups is 1. The van der Waals surface area contributed by atoms with E-state index in [1.807, 2.05) is 0 Å². The molecule has 0 radical (unpaired) electrons. The van der Waals surface area contributed by atoms with Gasteiger partial charge in [0.25, 0.3) is 5.91 Å². The van der Waals surface area contributed by atoms with Crippen molar-refractivity contribution in [1.29, 1.82) is 0 Å². The number of carbonyl (C=O) groups excluding carboxylic acids is 1. The van der Waals surface area contributed by atoms with Crippen molar-refractivity contribution in [3.05, 3.63) is 58.9 Å². The van der Waals surface area contributed by atoms with Crippen molar-refractivity contribution in [2.45, 2.75) is 20.8 Å². The molecule has 2 heterocycles. The van der Waals surface area contributed by atoms with Crippen LogP contribution >= 0.6 is 0 Å². The van der Waals surface area contributed by atoms with Gasteiger partial charge in [0, 0.05) is 24.0 Å². The van der Waals surface area contributed by atoms with E-state index in [1.54, 1.807) is 26.8 Å². The summed E-state index contributed by atoms with van der Waals surface area (Å²) in [6.07, 6.45) is 7.67. The van der Waals surface area contributed by atoms with Gasteiger partial charge in [-0.05, 0) is 32.9 Å². The van der Waals surface area contributed by atoms with Crippen molar-refractivity contribution in [2.75, 3.05) is 28.2 Å². The lowest BCUT2D eigenvalue weighted by Gasteiger charge is -2.18. The summed E-state index contributed by atoms with van der Waals surface area (Å²) in [5, 5.41) is 5.89. The lowest BCUT2D eigenvalue weighted by atomic mass is 10.1. The SMILES string of the molecule is C#Cc1cc(NS(C)(=O)=O)c(Nc2ccnc(Nc3cc(C)nc(C)n3)c2C(=O)NOCC)cc1F. The van der Waals surface area contributed by atoms with E-state index < -0.39 is 21.7 Å². The molecule has 0 aliphatic carbocycles. The first-order valence-electron chi connectivity index (χ1n) is 10.6. The maximum absolute atomic E-state index is 14.5. The molecule has 0 fully saturated rings. The van der Waals surface area contributed by atoms with Crippen LogP contribution in [0, 0.1) is 32.0 Å². The quantitative estimate of drug-likeness (QED) is 0.250. The number of hydrogen-bond acceptors (Lipinski definition) is 9. The number of hydrogen-bond donors (Lipinski definition) is 4. The third kappa shape index (κ3) is 6.65. The number of rotatable bonds is 9. The Morgan fingerprint density at radius 2 is 1.89 bits per heavy atom. The van der Waals surface area contributed by atoms with Gasteiger partial charge in [-0.25, -0.2) is 33.2 Å². The molecule has 0 atom stereocenters. The van der Waals surface area contributed by atoms with Gasteiger partial charge in [-0.15, -0.1) is 6.42 Å². The van der Waals surface area contributed by atoms with Gasteiger partial charge in [0.05, 0.1) is 35.5 Å². The first-order valence-corrected chi connectivity index (χ1v) is 12.4. The highest BCUT2D eigenvalue weighted by Crippen LogP contribution is 2.33. The van der Waals surface area contributed by atoms with Gasteiger partial charge >= 0.3 is 0 Å². The van der Waals surface area contributed by atoms with Crippen LogP contribution in [0.3, 0.4) is 0 Å². The van der Waals surface area contributed by atoms with Crippen LogP contribution < -0.4 is 20.8 Å². The second-order valence-corrected chi connectivity index (χ2v) is 9.28. The Morgan fingerprint density at radius 3 is 2.53 bits per heavy atom. The molecule has 0 saturated heterocycles. The molecule has 0 aliphatic rings. The van der Waals surface area contributed by atoms with Crippen molar-refractivity contribution >= 4 is 44.6 Å². The van der Waals surface area contributed by atoms with Crippen LogP contribution in [0.2, 0.25) is 0 Å². The number of nitrogens with one attached hydrogen (secondary N) is 4. The highest BCUT2D eigenvalue weighted by Gasteiger charge is 2.21. The van der Waals surface area contributed by atoms with Gasteiger partial charge in [-0.1, -0.05) is 5.92 Å². The largest absolute Gasteiger partial charge is 0.353 e. The van der Waals surface area contributed by atoms with E-state index in [-0.39, 0.29) is 40.6 Å². The summed E-state index contributed by atoms with van der Waals surface area (Å²) in [6, 6.07) is 5.32. The molecule has 0 aliphatic heterocycles. The van der Waals surface area contributed by atoms with Gasteiger partial charge < -0.3 is 10.6 Å². The van der Waals surface area contributed by atoms with Crippen LogP contribution in [0.4, 0.5) is 33.1 Å². The fraction of sp³-hybridized carbons (Fsp3) is 0.217.